The molecular weight excluding hydrogens is 284 g/mol. The Morgan fingerprint density at radius 2 is 2.18 bits per heavy atom. The summed E-state index contributed by atoms with van der Waals surface area (Å²) in [4.78, 5) is 10.2. The summed E-state index contributed by atoms with van der Waals surface area (Å²) in [5, 5.41) is 13.9. The van der Waals surface area contributed by atoms with Crippen LogP contribution in [0, 0.1) is 16.0 Å². The monoisotopic (exact) mass is 300 g/mol. The highest BCUT2D eigenvalue weighted by Crippen LogP contribution is 2.22. The van der Waals surface area contributed by atoms with Gasteiger partial charge in [0, 0.05) is 23.2 Å². The fourth-order valence-electron chi connectivity index (χ4n) is 1.41. The molecule has 1 N–H and O–H groups in total. The van der Waals surface area contributed by atoms with Gasteiger partial charge in [-0.2, -0.15) is 0 Å². The fourth-order valence-corrected chi connectivity index (χ4v) is 1.91. The second-order valence-electron chi connectivity index (χ2n) is 4.39. The number of benzene rings is 1. The van der Waals surface area contributed by atoms with Gasteiger partial charge < -0.3 is 5.32 Å². The lowest BCUT2D eigenvalue weighted by Crippen LogP contribution is -2.16. The second kappa shape index (κ2) is 6.71. The molecule has 0 saturated heterocycles. The molecule has 0 aliphatic rings. The van der Waals surface area contributed by atoms with Crippen LogP contribution in [0.2, 0.25) is 0 Å². The lowest BCUT2D eigenvalue weighted by atomic mass is 10.1. The van der Waals surface area contributed by atoms with Crippen LogP contribution in [0.1, 0.15) is 25.8 Å². The smallest absolute Gasteiger partial charge is 0.270 e. The van der Waals surface area contributed by atoms with Gasteiger partial charge in [-0.25, -0.2) is 0 Å². The molecule has 0 radical (unpaired) electrons. The lowest BCUT2D eigenvalue weighted by Gasteiger charge is -2.08. The van der Waals surface area contributed by atoms with Crippen molar-refractivity contribution < 1.29 is 4.92 Å². The van der Waals surface area contributed by atoms with Crippen molar-refractivity contribution in [3.8, 4) is 0 Å². The van der Waals surface area contributed by atoms with Crippen LogP contribution in [-0.2, 0) is 6.54 Å². The van der Waals surface area contributed by atoms with E-state index in [9.17, 15) is 10.1 Å². The number of rotatable bonds is 6. The van der Waals surface area contributed by atoms with Gasteiger partial charge in [-0.1, -0.05) is 29.8 Å². The van der Waals surface area contributed by atoms with Crippen molar-refractivity contribution in [2.24, 2.45) is 5.92 Å². The van der Waals surface area contributed by atoms with E-state index in [-0.39, 0.29) is 10.6 Å². The molecule has 0 bridgehead atoms. The highest BCUT2D eigenvalue weighted by Gasteiger charge is 2.08. The molecule has 0 saturated carbocycles. The van der Waals surface area contributed by atoms with E-state index in [1.54, 1.807) is 12.1 Å². The molecule has 17 heavy (non-hydrogen) atoms. The zero-order valence-corrected chi connectivity index (χ0v) is 11.7. The molecule has 94 valence electrons. The molecule has 5 heteroatoms. The minimum Gasteiger partial charge on any atom is -0.313 e. The number of nitrogens with zero attached hydrogens (tertiary/aromatic N) is 1. The Bertz CT molecular complexity index is 394. The highest BCUT2D eigenvalue weighted by atomic mass is 79.9. The van der Waals surface area contributed by atoms with Crippen LogP contribution in [0.3, 0.4) is 0 Å². The molecule has 0 unspecified atom stereocenters. The van der Waals surface area contributed by atoms with Gasteiger partial charge in [0.2, 0.25) is 0 Å². The molecular formula is C12H17BrN2O2. The van der Waals surface area contributed by atoms with Crippen LogP contribution in [0.15, 0.2) is 22.7 Å². The first kappa shape index (κ1) is 14.1. The Balaban J connectivity index is 2.52. The third-order valence-corrected chi connectivity index (χ3v) is 3.20. The van der Waals surface area contributed by atoms with Crippen molar-refractivity contribution >= 4 is 21.6 Å². The van der Waals surface area contributed by atoms with Gasteiger partial charge in [-0.15, -0.1) is 0 Å². The summed E-state index contributed by atoms with van der Waals surface area (Å²) in [5.74, 6) is 0.683. The highest BCUT2D eigenvalue weighted by molar-refractivity contribution is 9.10. The minimum atomic E-state index is -0.388. The minimum absolute atomic E-state index is 0.114. The topological polar surface area (TPSA) is 55.2 Å². The van der Waals surface area contributed by atoms with Crippen molar-refractivity contribution in [1.82, 2.24) is 5.32 Å². The first-order valence-corrected chi connectivity index (χ1v) is 6.43. The van der Waals surface area contributed by atoms with Gasteiger partial charge in [0.15, 0.2) is 0 Å². The van der Waals surface area contributed by atoms with Gasteiger partial charge in [-0.05, 0) is 30.5 Å². The maximum absolute atomic E-state index is 10.6. The van der Waals surface area contributed by atoms with Gasteiger partial charge in [-0.3, -0.25) is 10.1 Å². The molecule has 1 aromatic carbocycles. The number of non-ortho nitro benzene ring substituents is 1. The number of hydrogen-bond donors (Lipinski definition) is 1. The van der Waals surface area contributed by atoms with Crippen LogP contribution < -0.4 is 5.32 Å². The standard InChI is InChI=1S/C12H17BrN2O2/c1-9(2)5-6-14-8-10-3-4-11(15(16)17)7-12(10)13/h3-4,7,9,14H,5-6,8H2,1-2H3. The van der Waals surface area contributed by atoms with Crippen molar-refractivity contribution in [2.45, 2.75) is 26.8 Å². The Hall–Kier alpha value is -0.940. The largest absolute Gasteiger partial charge is 0.313 e. The van der Waals surface area contributed by atoms with Gasteiger partial charge in [0.25, 0.3) is 5.69 Å². The summed E-state index contributed by atoms with van der Waals surface area (Å²) in [6.45, 7) is 6.05. The van der Waals surface area contributed by atoms with Crippen LogP contribution in [-0.4, -0.2) is 11.5 Å². The van der Waals surface area contributed by atoms with E-state index in [1.165, 1.54) is 6.07 Å². The molecule has 1 aromatic rings. The number of hydrogen-bond acceptors (Lipinski definition) is 3. The van der Waals surface area contributed by atoms with Crippen molar-refractivity contribution in [3.05, 3.63) is 38.3 Å². The average molecular weight is 301 g/mol. The molecule has 0 atom stereocenters. The van der Waals surface area contributed by atoms with Gasteiger partial charge in [0.05, 0.1) is 4.92 Å². The number of nitro benzene ring substituents is 1. The Labute approximate surface area is 110 Å². The SMILES string of the molecule is CC(C)CCNCc1ccc([N+](=O)[O-])cc1Br. The Morgan fingerprint density at radius 3 is 2.71 bits per heavy atom. The zero-order chi connectivity index (χ0) is 12.8. The normalized spacial score (nSPS) is 10.8. The number of nitrogens with one attached hydrogen (secondary N) is 1. The van der Waals surface area contributed by atoms with Crippen LogP contribution >= 0.6 is 15.9 Å². The number of nitro groups is 1. The van der Waals surface area contributed by atoms with E-state index in [1.807, 2.05) is 0 Å². The van der Waals surface area contributed by atoms with E-state index < -0.39 is 0 Å². The lowest BCUT2D eigenvalue weighted by molar-refractivity contribution is -0.384. The third-order valence-electron chi connectivity index (χ3n) is 2.46. The van der Waals surface area contributed by atoms with E-state index in [0.717, 1.165) is 29.5 Å². The van der Waals surface area contributed by atoms with Crippen LogP contribution in [0.4, 0.5) is 5.69 Å². The summed E-state index contributed by atoms with van der Waals surface area (Å²) in [6.07, 6.45) is 1.13. The predicted octanol–water partition coefficient (Wildman–Crippen LogP) is 3.49. The van der Waals surface area contributed by atoms with Gasteiger partial charge in [0.1, 0.15) is 0 Å². The molecule has 0 spiro atoms. The quantitative estimate of drug-likeness (QED) is 0.497. The van der Waals surface area contributed by atoms with E-state index in [0.29, 0.717) is 5.92 Å². The molecule has 0 fully saturated rings. The third kappa shape index (κ3) is 4.83. The molecule has 0 heterocycles. The summed E-state index contributed by atoms with van der Waals surface area (Å²) in [7, 11) is 0. The first-order chi connectivity index (χ1) is 8.00. The molecule has 0 aliphatic heterocycles. The van der Waals surface area contributed by atoms with Crippen molar-refractivity contribution in [3.63, 3.8) is 0 Å². The summed E-state index contributed by atoms with van der Waals surface area (Å²) >= 11 is 3.35. The van der Waals surface area contributed by atoms with Gasteiger partial charge >= 0.3 is 0 Å². The molecule has 4 nitrogen and oxygen atoms in total. The van der Waals surface area contributed by atoms with E-state index >= 15 is 0 Å². The summed E-state index contributed by atoms with van der Waals surface area (Å²) in [6, 6.07) is 4.86. The Morgan fingerprint density at radius 1 is 1.47 bits per heavy atom. The fraction of sp³-hybridized carbons (Fsp3) is 0.500. The van der Waals surface area contributed by atoms with Crippen molar-refractivity contribution in [1.29, 1.82) is 0 Å². The molecule has 0 aromatic heterocycles. The average Bonchev–Trinajstić information content (AvgIpc) is 2.25. The Kier molecular flexibility index (Phi) is 5.58. The molecule has 0 amide bonds. The summed E-state index contributed by atoms with van der Waals surface area (Å²) in [5.41, 5.74) is 1.15. The zero-order valence-electron chi connectivity index (χ0n) is 10.1. The molecule has 1 rings (SSSR count). The van der Waals surface area contributed by atoms with Crippen LogP contribution in [0.5, 0.6) is 0 Å². The predicted molar refractivity (Wildman–Crippen MR) is 72.0 cm³/mol. The maximum Gasteiger partial charge on any atom is 0.270 e. The maximum atomic E-state index is 10.6. The van der Waals surface area contributed by atoms with Crippen molar-refractivity contribution in [2.75, 3.05) is 6.54 Å². The first-order valence-electron chi connectivity index (χ1n) is 5.64. The summed E-state index contributed by atoms with van der Waals surface area (Å²) < 4.78 is 0.781. The number of halogens is 1. The molecule has 0 aliphatic carbocycles. The van der Waals surface area contributed by atoms with E-state index in [4.69, 9.17) is 0 Å². The van der Waals surface area contributed by atoms with Crippen LogP contribution in [0.25, 0.3) is 0 Å². The van der Waals surface area contributed by atoms with E-state index in [2.05, 4.69) is 35.1 Å². The second-order valence-corrected chi connectivity index (χ2v) is 5.25.